The summed E-state index contributed by atoms with van der Waals surface area (Å²) in [5.41, 5.74) is 23.8. The van der Waals surface area contributed by atoms with Gasteiger partial charge in [-0.2, -0.15) is 0 Å². The first-order valence-corrected chi connectivity index (χ1v) is 21.9. The molecule has 2 aliphatic carbocycles. The first-order valence-electron chi connectivity index (χ1n) is 21.9. The summed E-state index contributed by atoms with van der Waals surface area (Å²) >= 11 is 0. The van der Waals surface area contributed by atoms with Crippen molar-refractivity contribution in [2.45, 2.75) is 89.9 Å². The Balaban J connectivity index is 1.18. The van der Waals surface area contributed by atoms with Crippen LogP contribution in [0.3, 0.4) is 0 Å². The predicted octanol–water partition coefficient (Wildman–Crippen LogP) is 13.5. The van der Waals surface area contributed by atoms with Crippen LogP contribution in [0.2, 0.25) is 0 Å². The van der Waals surface area contributed by atoms with E-state index in [1.54, 1.807) is 0 Å². The maximum Gasteiger partial charge on any atom is 0.198 e. The van der Waals surface area contributed by atoms with Crippen molar-refractivity contribution in [1.29, 1.82) is 0 Å². The van der Waals surface area contributed by atoms with Crippen molar-refractivity contribution < 1.29 is 4.42 Å². The summed E-state index contributed by atoms with van der Waals surface area (Å²) in [7, 11) is 0.803. The highest BCUT2D eigenvalue weighted by molar-refractivity contribution is 6.74. The fraction of sp³-hybridized carbons (Fsp3) is 0.250. The molecular formula is C56H51BN2O. The zero-order valence-corrected chi connectivity index (χ0v) is 36.1. The summed E-state index contributed by atoms with van der Waals surface area (Å²) in [6, 6.07) is 48.2. The molecule has 60 heavy (non-hydrogen) atoms. The van der Waals surface area contributed by atoms with Crippen LogP contribution in [-0.2, 0) is 21.7 Å². The van der Waals surface area contributed by atoms with Gasteiger partial charge in [0.1, 0.15) is 11.2 Å². The minimum absolute atomic E-state index is 0.0940. The van der Waals surface area contributed by atoms with E-state index in [0.717, 1.165) is 40.6 Å². The first kappa shape index (κ1) is 35.9. The Bertz CT molecular complexity index is 3180. The van der Waals surface area contributed by atoms with Gasteiger partial charge in [-0.1, -0.05) is 146 Å². The number of anilines is 5. The number of hydrogen-bond acceptors (Lipinski definition) is 3. The van der Waals surface area contributed by atoms with Crippen molar-refractivity contribution in [1.82, 2.24) is 0 Å². The summed E-state index contributed by atoms with van der Waals surface area (Å²) in [6.07, 6.45) is 2.37. The van der Waals surface area contributed by atoms with E-state index >= 15 is 0 Å². The molecule has 0 saturated heterocycles. The van der Waals surface area contributed by atoms with E-state index in [2.05, 4.69) is 193 Å². The second-order valence-corrected chi connectivity index (χ2v) is 20.5. The zero-order chi connectivity index (χ0) is 41.1. The molecule has 0 radical (unpaired) electrons. The normalized spacial score (nSPS) is 17.8. The molecule has 3 heterocycles. The lowest BCUT2D eigenvalue weighted by molar-refractivity contribution is 0.332. The number of furan rings is 1. The van der Waals surface area contributed by atoms with Gasteiger partial charge in [-0.3, -0.25) is 0 Å². The topological polar surface area (TPSA) is 28.4 Å². The van der Waals surface area contributed by atoms with E-state index in [1.165, 1.54) is 96.5 Å². The lowest BCUT2D eigenvalue weighted by Gasteiger charge is -2.46. The second kappa shape index (κ2) is 11.8. The van der Waals surface area contributed by atoms with Crippen LogP contribution in [0.25, 0.3) is 44.2 Å². The van der Waals surface area contributed by atoms with E-state index in [9.17, 15) is 0 Å². The molecule has 8 aromatic rings. The molecule has 0 spiro atoms. The van der Waals surface area contributed by atoms with Crippen molar-refractivity contribution >= 4 is 68.6 Å². The van der Waals surface area contributed by atoms with Gasteiger partial charge in [-0.15, -0.1) is 0 Å². The van der Waals surface area contributed by atoms with Gasteiger partial charge in [0.15, 0.2) is 7.28 Å². The molecule has 7 aromatic carbocycles. The molecule has 3 nitrogen and oxygen atoms in total. The molecule has 1 N–H and O–H groups in total. The van der Waals surface area contributed by atoms with Gasteiger partial charge < -0.3 is 14.6 Å². The molecule has 0 saturated carbocycles. The molecular weight excluding hydrogens is 727 g/mol. The fourth-order valence-corrected chi connectivity index (χ4v) is 11.8. The summed E-state index contributed by atoms with van der Waals surface area (Å²) in [4.78, 5) is 2.59. The Morgan fingerprint density at radius 2 is 1.23 bits per heavy atom. The Labute approximate surface area is 354 Å². The van der Waals surface area contributed by atoms with Crippen molar-refractivity contribution in [2.24, 2.45) is 0 Å². The quantitative estimate of drug-likeness (QED) is 0.181. The lowest BCUT2D eigenvalue weighted by atomic mass is 9.55. The number of fused-ring (bicyclic) bond motifs is 11. The summed E-state index contributed by atoms with van der Waals surface area (Å²) in [5.74, 6) is 0. The van der Waals surface area contributed by atoms with Crippen molar-refractivity contribution in [2.75, 3.05) is 10.2 Å². The van der Waals surface area contributed by atoms with E-state index in [0.29, 0.717) is 0 Å². The Hall–Kier alpha value is -6.00. The summed E-state index contributed by atoms with van der Waals surface area (Å²) in [5, 5.41) is 6.41. The van der Waals surface area contributed by atoms with Gasteiger partial charge >= 0.3 is 0 Å². The molecule has 12 rings (SSSR count). The van der Waals surface area contributed by atoms with Crippen LogP contribution >= 0.6 is 0 Å². The monoisotopic (exact) mass is 778 g/mol. The van der Waals surface area contributed by atoms with Crippen LogP contribution in [0.5, 0.6) is 0 Å². The average molecular weight is 779 g/mol. The maximum absolute atomic E-state index is 7.12. The molecule has 1 aromatic heterocycles. The molecule has 4 heteroatoms. The van der Waals surface area contributed by atoms with Crippen molar-refractivity contribution in [3.05, 3.63) is 161 Å². The molecule has 0 amide bonds. The van der Waals surface area contributed by atoms with Gasteiger partial charge in [0.05, 0.1) is 5.69 Å². The van der Waals surface area contributed by atoms with Gasteiger partial charge in [0, 0.05) is 55.5 Å². The van der Waals surface area contributed by atoms with Crippen LogP contribution < -0.4 is 21.1 Å². The van der Waals surface area contributed by atoms with E-state index in [4.69, 9.17) is 4.42 Å². The summed E-state index contributed by atoms with van der Waals surface area (Å²) < 4.78 is 7.12. The Morgan fingerprint density at radius 1 is 0.533 bits per heavy atom. The highest BCUT2D eigenvalue weighted by Gasteiger charge is 2.43. The molecule has 4 aliphatic rings. The van der Waals surface area contributed by atoms with E-state index < -0.39 is 0 Å². The van der Waals surface area contributed by atoms with Crippen LogP contribution in [-0.4, -0.2) is 7.28 Å². The van der Waals surface area contributed by atoms with Crippen molar-refractivity contribution in [3.8, 4) is 22.3 Å². The Morgan fingerprint density at radius 3 is 2.07 bits per heavy atom. The van der Waals surface area contributed by atoms with Crippen LogP contribution in [0.15, 0.2) is 132 Å². The molecule has 0 atom stereocenters. The number of para-hydroxylation sites is 3. The van der Waals surface area contributed by atoms with Crippen LogP contribution in [0.4, 0.5) is 28.4 Å². The standard InChI is InChI=1S/C56H51BN2O/c1-53(2)26-27-54(3,4)43-28-32(24-25-39(43)53)58-45-30-35-33-16-9-11-18-38(33)55(5,6)42(35)29-37(45)49-50-47(31-36-34-17-10-14-23-48(34)60-52(36)49)59-46-22-13-12-19-40(46)56(7,8)41-20-15-21-44(57-50)51(41)59/h9-25,28-31,57-58H,26-27H2,1-8H3. The third-order valence-electron chi connectivity index (χ3n) is 15.3. The van der Waals surface area contributed by atoms with Gasteiger partial charge in [-0.25, -0.2) is 0 Å². The van der Waals surface area contributed by atoms with Gasteiger partial charge in [-0.05, 0) is 116 Å². The minimum atomic E-state index is -0.179. The van der Waals surface area contributed by atoms with Gasteiger partial charge in [0.2, 0.25) is 0 Å². The lowest BCUT2D eigenvalue weighted by Crippen LogP contribution is -2.45. The first-order chi connectivity index (χ1) is 28.7. The largest absolute Gasteiger partial charge is 0.455 e. The van der Waals surface area contributed by atoms with Crippen molar-refractivity contribution in [3.63, 3.8) is 0 Å². The third kappa shape index (κ3) is 4.74. The third-order valence-corrected chi connectivity index (χ3v) is 15.3. The molecule has 0 bridgehead atoms. The molecule has 2 aliphatic heterocycles. The van der Waals surface area contributed by atoms with E-state index in [-0.39, 0.29) is 21.7 Å². The number of nitrogens with zero attached hydrogens (tertiary/aromatic N) is 1. The Kier molecular flexibility index (Phi) is 7.09. The maximum atomic E-state index is 7.12. The second-order valence-electron chi connectivity index (χ2n) is 20.5. The fourth-order valence-electron chi connectivity index (χ4n) is 11.8. The van der Waals surface area contributed by atoms with Gasteiger partial charge in [0.25, 0.3) is 0 Å². The zero-order valence-electron chi connectivity index (χ0n) is 36.1. The summed E-state index contributed by atoms with van der Waals surface area (Å²) in [6.45, 7) is 19.2. The highest BCUT2D eigenvalue weighted by Crippen LogP contribution is 2.56. The smallest absolute Gasteiger partial charge is 0.198 e. The molecule has 294 valence electrons. The SMILES string of the molecule is CC1(C)CCC(C)(C)c2cc(Nc3cc4c(cc3-c3c5c(cc6c3oc3ccccc36)N3c6ccccc6C(C)(C)c6cccc(c63)B5)C(C)(C)c3ccccc3-4)ccc21. The number of benzene rings is 7. The number of rotatable bonds is 3. The number of hydrogen-bond donors (Lipinski definition) is 1. The predicted molar refractivity (Wildman–Crippen MR) is 255 cm³/mol. The molecule has 0 unspecified atom stereocenters. The average Bonchev–Trinajstić information content (AvgIpc) is 3.71. The van der Waals surface area contributed by atoms with E-state index in [1.807, 2.05) is 0 Å². The highest BCUT2D eigenvalue weighted by atomic mass is 16.3. The minimum Gasteiger partial charge on any atom is -0.455 e. The van der Waals surface area contributed by atoms with Crippen LogP contribution in [0.1, 0.15) is 102 Å². The van der Waals surface area contributed by atoms with Crippen LogP contribution in [0, 0.1) is 0 Å². The number of nitrogens with one attached hydrogen (secondary N) is 1. The molecule has 0 fully saturated rings.